The normalized spacial score (nSPS) is 11.7. The van der Waals surface area contributed by atoms with Crippen LogP contribution in [0.15, 0.2) is 36.4 Å². The van der Waals surface area contributed by atoms with Gasteiger partial charge in [0.05, 0.1) is 12.6 Å². The van der Waals surface area contributed by atoms with Crippen LogP contribution < -0.4 is 15.4 Å². The molecule has 4 nitrogen and oxygen atoms in total. The van der Waals surface area contributed by atoms with Crippen molar-refractivity contribution in [3.8, 4) is 5.75 Å². The predicted octanol–water partition coefficient (Wildman–Crippen LogP) is 4.55. The zero-order chi connectivity index (χ0) is 17.7. The van der Waals surface area contributed by atoms with E-state index in [1.807, 2.05) is 19.9 Å². The third-order valence-corrected chi connectivity index (χ3v) is 3.54. The molecule has 0 heterocycles. The lowest BCUT2D eigenvalue weighted by atomic mass is 10.1. The van der Waals surface area contributed by atoms with E-state index in [1.54, 1.807) is 19.1 Å². The number of benzene rings is 2. The summed E-state index contributed by atoms with van der Waals surface area (Å²) in [5, 5.41) is 5.37. The average molecular weight is 334 g/mol. The summed E-state index contributed by atoms with van der Waals surface area (Å²) in [7, 11) is 0. The second kappa shape index (κ2) is 7.77. The summed E-state index contributed by atoms with van der Waals surface area (Å²) in [6.45, 7) is 6.02. The standard InChI is InChI=1S/C18H20F2N2O2/c1-4-24-17-10-14(7-5-11(17)2)22-18(23)21-12(3)13-6-8-15(19)16(20)9-13/h5-10,12H,4H2,1-3H3,(H2,21,22,23). The van der Waals surface area contributed by atoms with Crippen molar-refractivity contribution < 1.29 is 18.3 Å². The minimum absolute atomic E-state index is 0.446. The van der Waals surface area contributed by atoms with Gasteiger partial charge in [0.15, 0.2) is 11.6 Å². The minimum atomic E-state index is -0.943. The molecule has 0 aliphatic carbocycles. The van der Waals surface area contributed by atoms with Crippen molar-refractivity contribution >= 4 is 11.7 Å². The minimum Gasteiger partial charge on any atom is -0.494 e. The first kappa shape index (κ1) is 17.7. The molecule has 0 aromatic heterocycles. The summed E-state index contributed by atoms with van der Waals surface area (Å²) in [4.78, 5) is 12.1. The second-order valence-electron chi connectivity index (χ2n) is 5.41. The number of rotatable bonds is 5. The highest BCUT2D eigenvalue weighted by Gasteiger charge is 2.12. The molecule has 2 rings (SSSR count). The van der Waals surface area contributed by atoms with Crippen LogP contribution in [0.1, 0.15) is 31.0 Å². The molecular weight excluding hydrogens is 314 g/mol. The van der Waals surface area contributed by atoms with Crippen molar-refractivity contribution in [2.24, 2.45) is 0 Å². The van der Waals surface area contributed by atoms with Gasteiger partial charge in [-0.05, 0) is 50.1 Å². The number of hydrogen-bond acceptors (Lipinski definition) is 2. The zero-order valence-electron chi connectivity index (χ0n) is 13.8. The van der Waals surface area contributed by atoms with Crippen LogP contribution in [0.4, 0.5) is 19.3 Å². The molecule has 2 amide bonds. The van der Waals surface area contributed by atoms with E-state index >= 15 is 0 Å². The van der Waals surface area contributed by atoms with E-state index in [0.717, 1.165) is 17.7 Å². The number of anilines is 1. The number of aryl methyl sites for hydroxylation is 1. The highest BCUT2D eigenvalue weighted by atomic mass is 19.2. The predicted molar refractivity (Wildman–Crippen MR) is 89.3 cm³/mol. The Morgan fingerprint density at radius 1 is 1.17 bits per heavy atom. The first-order chi connectivity index (χ1) is 11.4. The van der Waals surface area contributed by atoms with Gasteiger partial charge in [0.2, 0.25) is 0 Å². The van der Waals surface area contributed by atoms with Crippen molar-refractivity contribution in [3.63, 3.8) is 0 Å². The Labute approximate surface area is 139 Å². The molecule has 2 aromatic carbocycles. The molecule has 0 aliphatic rings. The number of ether oxygens (including phenoxy) is 1. The molecule has 0 saturated carbocycles. The molecule has 24 heavy (non-hydrogen) atoms. The Kier molecular flexibility index (Phi) is 5.73. The lowest BCUT2D eigenvalue weighted by Gasteiger charge is -2.16. The SMILES string of the molecule is CCOc1cc(NC(=O)NC(C)c2ccc(F)c(F)c2)ccc1C. The van der Waals surface area contributed by atoms with E-state index in [0.29, 0.717) is 23.6 Å². The van der Waals surface area contributed by atoms with E-state index in [9.17, 15) is 13.6 Å². The van der Waals surface area contributed by atoms with E-state index in [4.69, 9.17) is 4.74 Å². The van der Waals surface area contributed by atoms with Gasteiger partial charge in [0, 0.05) is 11.8 Å². The summed E-state index contributed by atoms with van der Waals surface area (Å²) in [5.74, 6) is -1.16. The van der Waals surface area contributed by atoms with Crippen LogP contribution in [0.5, 0.6) is 5.75 Å². The fraction of sp³-hybridized carbons (Fsp3) is 0.278. The second-order valence-corrected chi connectivity index (χ2v) is 5.41. The molecule has 2 aromatic rings. The quantitative estimate of drug-likeness (QED) is 0.842. The van der Waals surface area contributed by atoms with E-state index in [2.05, 4.69) is 10.6 Å². The van der Waals surface area contributed by atoms with Crippen molar-refractivity contribution in [1.82, 2.24) is 5.32 Å². The number of amides is 2. The Balaban J connectivity index is 2.02. The number of carbonyl (C=O) groups excluding carboxylic acids is 1. The molecule has 0 saturated heterocycles. The molecule has 6 heteroatoms. The fourth-order valence-electron chi connectivity index (χ4n) is 2.22. The van der Waals surface area contributed by atoms with Crippen molar-refractivity contribution in [2.75, 3.05) is 11.9 Å². The van der Waals surface area contributed by atoms with Crippen LogP contribution in [0.25, 0.3) is 0 Å². The van der Waals surface area contributed by atoms with E-state index in [1.165, 1.54) is 6.07 Å². The average Bonchev–Trinajstić information content (AvgIpc) is 2.53. The molecule has 1 atom stereocenters. The fourth-order valence-corrected chi connectivity index (χ4v) is 2.22. The van der Waals surface area contributed by atoms with Crippen molar-refractivity contribution in [3.05, 3.63) is 59.2 Å². The number of nitrogens with one attached hydrogen (secondary N) is 2. The molecule has 2 N–H and O–H groups in total. The third kappa shape index (κ3) is 4.44. The number of urea groups is 1. The van der Waals surface area contributed by atoms with Crippen LogP contribution in [0, 0.1) is 18.6 Å². The third-order valence-electron chi connectivity index (χ3n) is 3.54. The Morgan fingerprint density at radius 3 is 2.58 bits per heavy atom. The van der Waals surface area contributed by atoms with Gasteiger partial charge < -0.3 is 15.4 Å². The number of carbonyl (C=O) groups is 1. The van der Waals surface area contributed by atoms with E-state index in [-0.39, 0.29) is 0 Å². The molecular formula is C18H20F2N2O2. The summed E-state index contributed by atoms with van der Waals surface area (Å²) >= 11 is 0. The molecule has 0 aliphatic heterocycles. The van der Waals surface area contributed by atoms with Crippen molar-refractivity contribution in [1.29, 1.82) is 0 Å². The van der Waals surface area contributed by atoms with Crippen LogP contribution in [0.3, 0.4) is 0 Å². The monoisotopic (exact) mass is 334 g/mol. The summed E-state index contributed by atoms with van der Waals surface area (Å²) in [6.07, 6.45) is 0. The van der Waals surface area contributed by atoms with Gasteiger partial charge in [-0.2, -0.15) is 0 Å². The van der Waals surface area contributed by atoms with Gasteiger partial charge in [-0.25, -0.2) is 13.6 Å². The lowest BCUT2D eigenvalue weighted by molar-refractivity contribution is 0.249. The number of hydrogen-bond donors (Lipinski definition) is 2. The first-order valence-corrected chi connectivity index (χ1v) is 7.66. The summed E-state index contributed by atoms with van der Waals surface area (Å²) in [6, 6.07) is 7.96. The van der Waals surface area contributed by atoms with Crippen LogP contribution in [0.2, 0.25) is 0 Å². The maximum Gasteiger partial charge on any atom is 0.319 e. The number of halogens is 2. The maximum atomic E-state index is 13.3. The maximum absolute atomic E-state index is 13.3. The molecule has 0 bridgehead atoms. The molecule has 0 fully saturated rings. The van der Waals surface area contributed by atoms with Gasteiger partial charge in [-0.15, -0.1) is 0 Å². The van der Waals surface area contributed by atoms with Crippen LogP contribution >= 0.6 is 0 Å². The Morgan fingerprint density at radius 2 is 1.92 bits per heavy atom. The van der Waals surface area contributed by atoms with Crippen LogP contribution in [-0.2, 0) is 0 Å². The van der Waals surface area contributed by atoms with Gasteiger partial charge >= 0.3 is 6.03 Å². The molecule has 0 spiro atoms. The van der Waals surface area contributed by atoms with Gasteiger partial charge in [-0.1, -0.05) is 12.1 Å². The summed E-state index contributed by atoms with van der Waals surface area (Å²) in [5.41, 5.74) is 2.03. The van der Waals surface area contributed by atoms with Crippen LogP contribution in [-0.4, -0.2) is 12.6 Å². The lowest BCUT2D eigenvalue weighted by Crippen LogP contribution is -2.31. The van der Waals surface area contributed by atoms with Gasteiger partial charge in [0.25, 0.3) is 0 Å². The van der Waals surface area contributed by atoms with Gasteiger partial charge in [0.1, 0.15) is 5.75 Å². The largest absolute Gasteiger partial charge is 0.494 e. The Bertz CT molecular complexity index is 735. The highest BCUT2D eigenvalue weighted by Crippen LogP contribution is 2.23. The first-order valence-electron chi connectivity index (χ1n) is 7.66. The van der Waals surface area contributed by atoms with Crippen molar-refractivity contribution in [2.45, 2.75) is 26.8 Å². The highest BCUT2D eigenvalue weighted by molar-refractivity contribution is 5.89. The molecule has 1 unspecified atom stereocenters. The Hall–Kier alpha value is -2.63. The zero-order valence-corrected chi connectivity index (χ0v) is 13.8. The summed E-state index contributed by atoms with van der Waals surface area (Å²) < 4.78 is 31.7. The topological polar surface area (TPSA) is 50.4 Å². The molecule has 128 valence electrons. The van der Waals surface area contributed by atoms with E-state index < -0.39 is 23.7 Å². The smallest absolute Gasteiger partial charge is 0.319 e. The molecule has 0 radical (unpaired) electrons. The van der Waals surface area contributed by atoms with Gasteiger partial charge in [-0.3, -0.25) is 0 Å².